The van der Waals surface area contributed by atoms with E-state index < -0.39 is 6.04 Å². The van der Waals surface area contributed by atoms with Gasteiger partial charge in [0.25, 0.3) is 0 Å². The summed E-state index contributed by atoms with van der Waals surface area (Å²) in [4.78, 5) is 15.5. The van der Waals surface area contributed by atoms with Gasteiger partial charge in [-0.05, 0) is 18.4 Å². The summed E-state index contributed by atoms with van der Waals surface area (Å²) in [7, 11) is 0. The third-order valence-electron chi connectivity index (χ3n) is 1.96. The van der Waals surface area contributed by atoms with Gasteiger partial charge in [0.15, 0.2) is 5.82 Å². The number of nitrogens with two attached hydrogens (primary N) is 1. The number of aryl methyl sites for hydroxylation is 1. The first-order valence-corrected chi connectivity index (χ1v) is 6.34. The number of carbonyl (C=O) groups excluding carboxylic acids is 1. The SMILES string of the molecule is CSCC[C@H](N)C(=O)NCc1noc(C)n1. The number of nitrogens with one attached hydrogen (secondary N) is 1. The van der Waals surface area contributed by atoms with E-state index in [1.165, 1.54) is 0 Å². The van der Waals surface area contributed by atoms with Gasteiger partial charge in [0, 0.05) is 6.92 Å². The maximum atomic E-state index is 11.5. The number of carbonyl (C=O) groups is 1. The van der Waals surface area contributed by atoms with Gasteiger partial charge < -0.3 is 15.6 Å². The van der Waals surface area contributed by atoms with Crippen molar-refractivity contribution in [1.29, 1.82) is 0 Å². The van der Waals surface area contributed by atoms with E-state index in [4.69, 9.17) is 10.3 Å². The largest absolute Gasteiger partial charge is 0.347 e. The molecule has 1 aromatic rings. The van der Waals surface area contributed by atoms with Crippen molar-refractivity contribution in [1.82, 2.24) is 15.5 Å². The van der Waals surface area contributed by atoms with Gasteiger partial charge in [0.2, 0.25) is 11.8 Å². The van der Waals surface area contributed by atoms with Crippen molar-refractivity contribution in [2.24, 2.45) is 5.73 Å². The molecule has 1 amide bonds. The van der Waals surface area contributed by atoms with E-state index in [-0.39, 0.29) is 12.5 Å². The molecule has 1 atom stereocenters. The van der Waals surface area contributed by atoms with Crippen molar-refractivity contribution in [3.63, 3.8) is 0 Å². The minimum Gasteiger partial charge on any atom is -0.347 e. The molecule has 0 bridgehead atoms. The Balaban J connectivity index is 2.29. The second kappa shape index (κ2) is 6.49. The fourth-order valence-electron chi connectivity index (χ4n) is 1.09. The highest BCUT2D eigenvalue weighted by molar-refractivity contribution is 7.98. The van der Waals surface area contributed by atoms with E-state index in [9.17, 15) is 4.79 Å². The predicted octanol–water partition coefficient (Wildman–Crippen LogP) is 0.0746. The quantitative estimate of drug-likeness (QED) is 0.735. The molecule has 3 N–H and O–H groups in total. The average molecular weight is 244 g/mol. The van der Waals surface area contributed by atoms with Crippen LogP contribution in [0, 0.1) is 6.92 Å². The Morgan fingerprint density at radius 3 is 3.00 bits per heavy atom. The zero-order valence-corrected chi connectivity index (χ0v) is 10.2. The topological polar surface area (TPSA) is 94.0 Å². The monoisotopic (exact) mass is 244 g/mol. The molecule has 0 spiro atoms. The summed E-state index contributed by atoms with van der Waals surface area (Å²) in [6.07, 6.45) is 2.64. The van der Waals surface area contributed by atoms with Gasteiger partial charge >= 0.3 is 0 Å². The lowest BCUT2D eigenvalue weighted by Gasteiger charge is -2.09. The van der Waals surface area contributed by atoms with E-state index in [2.05, 4.69) is 15.5 Å². The molecule has 0 aliphatic heterocycles. The van der Waals surface area contributed by atoms with Crippen LogP contribution in [-0.2, 0) is 11.3 Å². The van der Waals surface area contributed by atoms with Gasteiger partial charge in [-0.1, -0.05) is 5.16 Å². The predicted molar refractivity (Wildman–Crippen MR) is 61.9 cm³/mol. The number of hydrogen-bond acceptors (Lipinski definition) is 6. The number of thioether (sulfide) groups is 1. The smallest absolute Gasteiger partial charge is 0.237 e. The standard InChI is InChI=1S/C9H16N4O2S/c1-6-12-8(13-15-6)5-11-9(14)7(10)3-4-16-2/h7H,3-5,10H2,1-2H3,(H,11,14)/t7-/m0/s1. The van der Waals surface area contributed by atoms with Gasteiger partial charge in [-0.2, -0.15) is 16.7 Å². The minimum absolute atomic E-state index is 0.184. The first-order valence-electron chi connectivity index (χ1n) is 4.95. The summed E-state index contributed by atoms with van der Waals surface area (Å²) in [6.45, 7) is 1.95. The van der Waals surface area contributed by atoms with E-state index in [0.717, 1.165) is 5.75 Å². The fraction of sp³-hybridized carbons (Fsp3) is 0.667. The summed E-state index contributed by atoms with van der Waals surface area (Å²) in [5, 5.41) is 6.33. The molecule has 0 aromatic carbocycles. The highest BCUT2D eigenvalue weighted by atomic mass is 32.2. The molecule has 0 radical (unpaired) electrons. The van der Waals surface area contributed by atoms with Crippen LogP contribution in [0.5, 0.6) is 0 Å². The van der Waals surface area contributed by atoms with Gasteiger partial charge in [0.05, 0.1) is 12.6 Å². The van der Waals surface area contributed by atoms with Gasteiger partial charge in [-0.15, -0.1) is 0 Å². The minimum atomic E-state index is -0.472. The molecule has 0 fully saturated rings. The van der Waals surface area contributed by atoms with E-state index in [1.54, 1.807) is 18.7 Å². The average Bonchev–Trinajstić information content (AvgIpc) is 2.68. The molecule has 1 heterocycles. The second-order valence-corrected chi connectivity index (χ2v) is 4.32. The van der Waals surface area contributed by atoms with Crippen LogP contribution < -0.4 is 11.1 Å². The van der Waals surface area contributed by atoms with E-state index >= 15 is 0 Å². The second-order valence-electron chi connectivity index (χ2n) is 3.34. The Hall–Kier alpha value is -1.08. The number of amides is 1. The number of nitrogens with zero attached hydrogens (tertiary/aromatic N) is 2. The molecule has 16 heavy (non-hydrogen) atoms. The van der Waals surface area contributed by atoms with Crippen molar-refractivity contribution >= 4 is 17.7 Å². The van der Waals surface area contributed by atoms with Crippen LogP contribution in [-0.4, -0.2) is 34.1 Å². The Morgan fingerprint density at radius 2 is 2.44 bits per heavy atom. The Labute approximate surface area is 98.3 Å². The number of hydrogen-bond donors (Lipinski definition) is 2. The van der Waals surface area contributed by atoms with Crippen molar-refractivity contribution < 1.29 is 9.32 Å². The van der Waals surface area contributed by atoms with Crippen molar-refractivity contribution in [3.05, 3.63) is 11.7 Å². The molecule has 1 aromatic heterocycles. The van der Waals surface area contributed by atoms with Crippen LogP contribution >= 0.6 is 11.8 Å². The molecular weight excluding hydrogens is 228 g/mol. The van der Waals surface area contributed by atoms with Gasteiger partial charge in [-0.25, -0.2) is 0 Å². The van der Waals surface area contributed by atoms with Crippen LogP contribution in [0.3, 0.4) is 0 Å². The van der Waals surface area contributed by atoms with Crippen LogP contribution in [0.25, 0.3) is 0 Å². The molecule has 6 nitrogen and oxygen atoms in total. The Kier molecular flexibility index (Phi) is 5.27. The number of rotatable bonds is 6. The lowest BCUT2D eigenvalue weighted by atomic mass is 10.2. The Morgan fingerprint density at radius 1 is 1.69 bits per heavy atom. The normalized spacial score (nSPS) is 12.4. The molecule has 0 aliphatic rings. The van der Waals surface area contributed by atoms with E-state index in [0.29, 0.717) is 18.1 Å². The summed E-state index contributed by atoms with van der Waals surface area (Å²) >= 11 is 1.67. The first kappa shape index (κ1) is 13.0. The van der Waals surface area contributed by atoms with Crippen LogP contribution in [0.2, 0.25) is 0 Å². The summed E-state index contributed by atoms with van der Waals surface area (Å²) in [6, 6.07) is -0.472. The maximum Gasteiger partial charge on any atom is 0.237 e. The third-order valence-corrected chi connectivity index (χ3v) is 2.60. The molecule has 1 rings (SSSR count). The summed E-state index contributed by atoms with van der Waals surface area (Å²) in [5.74, 6) is 1.63. The first-order chi connectivity index (χ1) is 7.63. The maximum absolute atomic E-state index is 11.5. The molecule has 0 unspecified atom stereocenters. The van der Waals surface area contributed by atoms with Gasteiger partial charge in [-0.3, -0.25) is 4.79 Å². The van der Waals surface area contributed by atoms with E-state index in [1.807, 2.05) is 6.26 Å². The zero-order valence-electron chi connectivity index (χ0n) is 9.40. The molecule has 7 heteroatoms. The molecule has 0 aliphatic carbocycles. The van der Waals surface area contributed by atoms with Crippen LogP contribution in [0.15, 0.2) is 4.52 Å². The lowest BCUT2D eigenvalue weighted by molar-refractivity contribution is -0.122. The highest BCUT2D eigenvalue weighted by Crippen LogP contribution is 1.99. The molecule has 0 saturated heterocycles. The van der Waals surface area contributed by atoms with Crippen molar-refractivity contribution in [2.75, 3.05) is 12.0 Å². The van der Waals surface area contributed by atoms with Crippen molar-refractivity contribution in [3.8, 4) is 0 Å². The highest BCUT2D eigenvalue weighted by Gasteiger charge is 2.13. The summed E-state index contributed by atoms with van der Waals surface area (Å²) in [5.41, 5.74) is 5.68. The zero-order chi connectivity index (χ0) is 12.0. The van der Waals surface area contributed by atoms with Crippen molar-refractivity contribution in [2.45, 2.75) is 25.9 Å². The van der Waals surface area contributed by atoms with Gasteiger partial charge in [0.1, 0.15) is 0 Å². The lowest BCUT2D eigenvalue weighted by Crippen LogP contribution is -2.40. The number of aromatic nitrogens is 2. The molecule has 0 saturated carbocycles. The third kappa shape index (κ3) is 4.19. The van der Waals surface area contributed by atoms with Crippen LogP contribution in [0.4, 0.5) is 0 Å². The summed E-state index contributed by atoms with van der Waals surface area (Å²) < 4.78 is 4.78. The Bertz CT molecular complexity index is 342. The van der Waals surface area contributed by atoms with Crippen LogP contribution in [0.1, 0.15) is 18.1 Å². The molecule has 90 valence electrons. The fourth-order valence-corrected chi connectivity index (χ4v) is 1.58. The molecular formula is C9H16N4O2S.